The summed E-state index contributed by atoms with van der Waals surface area (Å²) in [6.45, 7) is 0. The number of benzene rings is 9. The Hall–Kier alpha value is -5.72. The molecule has 0 spiro atoms. The average Bonchev–Trinajstić information content (AvgIpc) is 3.56. The van der Waals surface area contributed by atoms with Crippen LogP contribution in [0.5, 0.6) is 0 Å². The highest BCUT2D eigenvalue weighted by Crippen LogP contribution is 2.64. The molecule has 9 aromatic carbocycles. The molecule has 4 fully saturated rings. The third-order valence-corrected chi connectivity index (χ3v) is 14.9. The van der Waals surface area contributed by atoms with E-state index in [1.807, 2.05) is 0 Å². The molecule has 5 aliphatic rings. The van der Waals surface area contributed by atoms with Crippen molar-refractivity contribution in [2.24, 2.45) is 29.6 Å². The minimum atomic E-state index is 0.496. The lowest BCUT2D eigenvalue weighted by Crippen LogP contribution is -2.47. The van der Waals surface area contributed by atoms with E-state index < -0.39 is 0 Å². The van der Waals surface area contributed by atoms with Crippen LogP contribution in [0.3, 0.4) is 0 Å². The van der Waals surface area contributed by atoms with E-state index in [2.05, 4.69) is 158 Å². The van der Waals surface area contributed by atoms with Crippen LogP contribution < -0.4 is 0 Å². The summed E-state index contributed by atoms with van der Waals surface area (Å²) in [6.07, 6.45) is 7.34. The second kappa shape index (κ2) is 11.4. The molecule has 1 atom stereocenters. The number of hydrogen-bond donors (Lipinski definition) is 0. The monoisotopic (exact) mass is 702 g/mol. The van der Waals surface area contributed by atoms with Crippen molar-refractivity contribution in [2.45, 2.75) is 38.0 Å². The Morgan fingerprint density at radius 2 is 0.855 bits per heavy atom. The van der Waals surface area contributed by atoms with E-state index in [0.717, 1.165) is 29.6 Å². The van der Waals surface area contributed by atoms with Crippen LogP contribution in [0.25, 0.3) is 87.2 Å². The maximum Gasteiger partial charge on any atom is 0.0135 e. The molecule has 9 aromatic rings. The van der Waals surface area contributed by atoms with Crippen molar-refractivity contribution in [3.8, 4) is 33.4 Å². The summed E-state index contributed by atoms with van der Waals surface area (Å²) in [5, 5.41) is 13.3. The molecule has 0 amide bonds. The molecule has 5 aliphatic carbocycles. The third kappa shape index (κ3) is 4.29. The summed E-state index contributed by atoms with van der Waals surface area (Å²) in [5.74, 6) is 4.97. The van der Waals surface area contributed by atoms with Gasteiger partial charge in [0.15, 0.2) is 0 Å². The van der Waals surface area contributed by atoms with Crippen molar-refractivity contribution in [3.05, 3.63) is 169 Å². The summed E-state index contributed by atoms with van der Waals surface area (Å²) in [7, 11) is 0. The molecule has 0 heteroatoms. The van der Waals surface area contributed by atoms with Crippen LogP contribution in [-0.2, 0) is 0 Å². The first-order chi connectivity index (χ1) is 27.3. The Kier molecular flexibility index (Phi) is 6.34. The van der Waals surface area contributed by atoms with Gasteiger partial charge in [0.2, 0.25) is 0 Å². The largest absolute Gasteiger partial charge is 0.0616 e. The third-order valence-electron chi connectivity index (χ3n) is 14.9. The molecule has 262 valence electrons. The van der Waals surface area contributed by atoms with Gasteiger partial charge < -0.3 is 0 Å². The van der Waals surface area contributed by atoms with Crippen LogP contribution >= 0.6 is 0 Å². The zero-order chi connectivity index (χ0) is 35.8. The molecule has 55 heavy (non-hydrogen) atoms. The van der Waals surface area contributed by atoms with Gasteiger partial charge in [-0.15, -0.1) is 0 Å². The normalized spacial score (nSPS) is 23.6. The molecule has 0 nitrogen and oxygen atoms in total. The van der Waals surface area contributed by atoms with E-state index in [0.29, 0.717) is 5.92 Å². The molecule has 1 unspecified atom stereocenters. The summed E-state index contributed by atoms with van der Waals surface area (Å²) in [5.41, 5.74) is 11.5. The topological polar surface area (TPSA) is 0 Å². The van der Waals surface area contributed by atoms with Crippen LogP contribution in [0, 0.1) is 29.6 Å². The van der Waals surface area contributed by atoms with Gasteiger partial charge in [-0.2, -0.15) is 0 Å². The fourth-order valence-electron chi connectivity index (χ4n) is 13.1. The van der Waals surface area contributed by atoms with E-state index in [9.17, 15) is 0 Å². The van der Waals surface area contributed by atoms with Gasteiger partial charge in [0.1, 0.15) is 0 Å². The number of fused-ring (bicyclic) bond motifs is 10. The second-order valence-electron chi connectivity index (χ2n) is 17.6. The van der Waals surface area contributed by atoms with Gasteiger partial charge >= 0.3 is 0 Å². The predicted molar refractivity (Wildman–Crippen MR) is 233 cm³/mol. The zero-order valence-corrected chi connectivity index (χ0v) is 31.0. The number of hydrogen-bond acceptors (Lipinski definition) is 0. The molecular formula is C55H42. The fraction of sp³-hybridized carbons (Fsp3) is 0.200. The minimum absolute atomic E-state index is 0.496. The lowest BCUT2D eigenvalue weighted by molar-refractivity contribution is -0.0424. The van der Waals surface area contributed by atoms with E-state index in [-0.39, 0.29) is 0 Å². The predicted octanol–water partition coefficient (Wildman–Crippen LogP) is 15.0. The first kappa shape index (κ1) is 30.6. The minimum Gasteiger partial charge on any atom is -0.0616 e. The molecule has 0 N–H and O–H groups in total. The Labute approximate surface area is 322 Å². The van der Waals surface area contributed by atoms with Gasteiger partial charge in [-0.1, -0.05) is 146 Å². The van der Waals surface area contributed by atoms with Gasteiger partial charge in [-0.05, 0) is 172 Å². The molecule has 0 aliphatic heterocycles. The first-order valence-corrected chi connectivity index (χ1v) is 20.8. The summed E-state index contributed by atoms with van der Waals surface area (Å²) in [6, 6.07) is 60.5. The molecule has 14 rings (SSSR count). The van der Waals surface area contributed by atoms with Crippen LogP contribution in [0.4, 0.5) is 0 Å². The Morgan fingerprint density at radius 3 is 1.53 bits per heavy atom. The van der Waals surface area contributed by atoms with Crippen molar-refractivity contribution < 1.29 is 0 Å². The SMILES string of the molecule is c1ccc2c3c(ccc2c1)C(C1C2CC4CC(C2)CC1C4)c1ccc(-c2c4ccccc4c(-c4cc5ccccc5c5ccccc45)c4ccccc24)cc1-3. The van der Waals surface area contributed by atoms with E-state index >= 15 is 0 Å². The highest BCUT2D eigenvalue weighted by Gasteiger charge is 2.52. The highest BCUT2D eigenvalue weighted by atomic mass is 14.6. The summed E-state index contributed by atoms with van der Waals surface area (Å²) < 4.78 is 0. The van der Waals surface area contributed by atoms with Crippen molar-refractivity contribution >= 4 is 53.9 Å². The lowest BCUT2D eigenvalue weighted by Gasteiger charge is -2.56. The van der Waals surface area contributed by atoms with Gasteiger partial charge in [-0.25, -0.2) is 0 Å². The van der Waals surface area contributed by atoms with Crippen molar-refractivity contribution in [1.82, 2.24) is 0 Å². The smallest absolute Gasteiger partial charge is 0.0135 e. The molecule has 0 saturated heterocycles. The van der Waals surface area contributed by atoms with E-state index in [4.69, 9.17) is 0 Å². The number of rotatable bonds is 3. The van der Waals surface area contributed by atoms with Crippen molar-refractivity contribution in [1.29, 1.82) is 0 Å². The molecule has 4 saturated carbocycles. The van der Waals surface area contributed by atoms with Crippen LogP contribution in [0.15, 0.2) is 158 Å². The molecule has 0 aromatic heterocycles. The highest BCUT2D eigenvalue weighted by molar-refractivity contribution is 6.26. The van der Waals surface area contributed by atoms with Crippen LogP contribution in [0.1, 0.15) is 49.1 Å². The Bertz CT molecular complexity index is 2990. The van der Waals surface area contributed by atoms with Crippen molar-refractivity contribution in [2.75, 3.05) is 0 Å². The Balaban J connectivity index is 1.07. The average molecular weight is 703 g/mol. The van der Waals surface area contributed by atoms with Crippen LogP contribution in [0.2, 0.25) is 0 Å². The standard InChI is InChI=1S/C55H42/c1-4-14-40-34(11-1)21-24-48-53(40)50-31-36(22-23-47(50)55(48)51-37-26-32-25-33(28-37)29-38(51)27-32)52-43-17-7-9-19-45(43)54(46-20-10-8-18-44(46)52)49-30-35-12-2-3-13-39(35)41-15-5-6-16-42(41)49/h1-24,30-33,37-38,51,55H,25-29H2. The first-order valence-electron chi connectivity index (χ1n) is 20.8. The van der Waals surface area contributed by atoms with Gasteiger partial charge in [0.25, 0.3) is 0 Å². The molecular weight excluding hydrogens is 661 g/mol. The summed E-state index contributed by atoms with van der Waals surface area (Å²) in [4.78, 5) is 0. The molecule has 0 radical (unpaired) electrons. The van der Waals surface area contributed by atoms with Crippen molar-refractivity contribution in [3.63, 3.8) is 0 Å². The van der Waals surface area contributed by atoms with E-state index in [1.54, 1.807) is 11.1 Å². The quantitative estimate of drug-likeness (QED) is 0.127. The molecule has 4 bridgehead atoms. The zero-order valence-electron chi connectivity index (χ0n) is 31.0. The van der Waals surface area contributed by atoms with Gasteiger partial charge in [0, 0.05) is 5.92 Å². The fourth-order valence-corrected chi connectivity index (χ4v) is 13.1. The van der Waals surface area contributed by atoms with Gasteiger partial charge in [0.05, 0.1) is 0 Å². The second-order valence-corrected chi connectivity index (χ2v) is 17.6. The molecule has 0 heterocycles. The van der Waals surface area contributed by atoms with Gasteiger partial charge in [-0.3, -0.25) is 0 Å². The lowest BCUT2D eigenvalue weighted by atomic mass is 9.49. The van der Waals surface area contributed by atoms with Crippen LogP contribution in [-0.4, -0.2) is 0 Å². The van der Waals surface area contributed by atoms with E-state index in [1.165, 1.54) is 119 Å². The maximum absolute atomic E-state index is 2.61. The Morgan fingerprint density at radius 1 is 0.327 bits per heavy atom. The maximum atomic E-state index is 2.61. The summed E-state index contributed by atoms with van der Waals surface area (Å²) >= 11 is 0.